The maximum Gasteiger partial charge on any atom is 0.270 e. The van der Waals surface area contributed by atoms with Crippen molar-refractivity contribution in [3.63, 3.8) is 0 Å². The fourth-order valence-electron chi connectivity index (χ4n) is 2.13. The molecule has 2 aromatic heterocycles. The average Bonchev–Trinajstić information content (AvgIpc) is 3.27. The van der Waals surface area contributed by atoms with Crippen LogP contribution in [0.2, 0.25) is 0 Å². The minimum atomic E-state index is -0.460. The highest BCUT2D eigenvalue weighted by atomic mass is 32.1. The van der Waals surface area contributed by atoms with Crippen LogP contribution in [-0.4, -0.2) is 17.0 Å². The molecule has 8 heteroatoms. The highest BCUT2D eigenvalue weighted by Crippen LogP contribution is 2.25. The molecule has 0 aliphatic carbocycles. The first kappa shape index (κ1) is 16.6. The fraction of sp³-hybridized carbons (Fsp3) is 0.0588. The number of nitrogens with zero attached hydrogens (tertiary/aromatic N) is 2. The number of hydrazone groups is 1. The van der Waals surface area contributed by atoms with Crippen molar-refractivity contribution in [3.05, 3.63) is 74.7 Å². The maximum absolute atomic E-state index is 11.7. The summed E-state index contributed by atoms with van der Waals surface area (Å²) in [6.45, 7) is 0. The van der Waals surface area contributed by atoms with Crippen molar-refractivity contribution < 1.29 is 14.1 Å². The number of hydrogen-bond acceptors (Lipinski definition) is 6. The molecule has 0 radical (unpaired) electrons. The van der Waals surface area contributed by atoms with Gasteiger partial charge in [0.05, 0.1) is 17.6 Å². The highest BCUT2D eigenvalue weighted by Gasteiger charge is 2.10. The van der Waals surface area contributed by atoms with Crippen LogP contribution in [0.5, 0.6) is 0 Å². The number of carbonyl (C=O) groups excluding carboxylic acids is 1. The number of nitro benzene ring substituents is 1. The highest BCUT2D eigenvalue weighted by molar-refractivity contribution is 7.10. The Morgan fingerprint density at radius 3 is 2.92 bits per heavy atom. The molecule has 1 aromatic carbocycles. The molecule has 3 aromatic rings. The lowest BCUT2D eigenvalue weighted by Gasteiger charge is -1.97. The molecule has 0 aliphatic rings. The number of furan rings is 1. The molecule has 0 aliphatic heterocycles. The summed E-state index contributed by atoms with van der Waals surface area (Å²) < 4.78 is 5.57. The summed E-state index contributed by atoms with van der Waals surface area (Å²) in [4.78, 5) is 23.0. The van der Waals surface area contributed by atoms with Gasteiger partial charge in [0.15, 0.2) is 0 Å². The molecule has 1 N–H and O–H groups in total. The predicted molar refractivity (Wildman–Crippen MR) is 94.6 cm³/mol. The molecule has 0 fully saturated rings. The topological polar surface area (TPSA) is 97.7 Å². The van der Waals surface area contributed by atoms with E-state index in [4.69, 9.17) is 4.42 Å². The SMILES string of the molecule is O=C(Cc1cccs1)N/N=C/c1ccc(-c2cccc([N+](=O)[O-])c2)o1. The summed E-state index contributed by atoms with van der Waals surface area (Å²) >= 11 is 1.51. The third-order valence-corrected chi connectivity index (χ3v) is 4.14. The van der Waals surface area contributed by atoms with E-state index < -0.39 is 4.92 Å². The number of benzene rings is 1. The van der Waals surface area contributed by atoms with E-state index in [0.717, 1.165) is 4.88 Å². The van der Waals surface area contributed by atoms with Crippen molar-refractivity contribution in [1.82, 2.24) is 5.43 Å². The molecule has 0 bridgehead atoms. The standard InChI is InChI=1S/C17H13N3O4S/c21-17(10-15-5-2-8-25-15)19-18-11-14-6-7-16(24-14)12-3-1-4-13(9-12)20(22)23/h1-9,11H,10H2,(H,19,21)/b18-11+. The monoisotopic (exact) mass is 355 g/mol. The first-order valence-electron chi connectivity index (χ1n) is 7.31. The third-order valence-electron chi connectivity index (χ3n) is 3.26. The van der Waals surface area contributed by atoms with Crippen molar-refractivity contribution in [3.8, 4) is 11.3 Å². The van der Waals surface area contributed by atoms with Gasteiger partial charge in [-0.05, 0) is 23.6 Å². The predicted octanol–water partition coefficient (Wildman–Crippen LogP) is 3.61. The molecule has 0 spiro atoms. The third kappa shape index (κ3) is 4.39. The lowest BCUT2D eigenvalue weighted by molar-refractivity contribution is -0.384. The van der Waals surface area contributed by atoms with Gasteiger partial charge in [-0.15, -0.1) is 11.3 Å². The molecule has 1 amide bonds. The molecule has 0 unspecified atom stereocenters. The van der Waals surface area contributed by atoms with Gasteiger partial charge in [0, 0.05) is 22.6 Å². The molecule has 0 atom stereocenters. The molecule has 25 heavy (non-hydrogen) atoms. The molecule has 126 valence electrons. The van der Waals surface area contributed by atoms with Crippen LogP contribution in [0.3, 0.4) is 0 Å². The summed E-state index contributed by atoms with van der Waals surface area (Å²) in [7, 11) is 0. The van der Waals surface area contributed by atoms with E-state index in [1.165, 1.54) is 29.7 Å². The summed E-state index contributed by atoms with van der Waals surface area (Å²) in [6, 6.07) is 13.3. The van der Waals surface area contributed by atoms with Crippen LogP contribution in [0, 0.1) is 10.1 Å². The molecule has 0 saturated carbocycles. The zero-order valence-electron chi connectivity index (χ0n) is 12.9. The van der Waals surface area contributed by atoms with Gasteiger partial charge in [-0.1, -0.05) is 18.2 Å². The van der Waals surface area contributed by atoms with Crippen LogP contribution in [0.15, 0.2) is 63.4 Å². The lowest BCUT2D eigenvalue weighted by atomic mass is 10.1. The van der Waals surface area contributed by atoms with Crippen LogP contribution in [0.1, 0.15) is 10.6 Å². The van der Waals surface area contributed by atoms with Crippen molar-refractivity contribution in [2.75, 3.05) is 0 Å². The summed E-state index contributed by atoms with van der Waals surface area (Å²) in [5, 5.41) is 16.6. The van der Waals surface area contributed by atoms with E-state index in [9.17, 15) is 14.9 Å². The number of non-ortho nitro benzene ring substituents is 1. The minimum absolute atomic E-state index is 0.00930. The zero-order valence-corrected chi connectivity index (χ0v) is 13.7. The number of nitrogens with one attached hydrogen (secondary N) is 1. The summed E-state index contributed by atoms with van der Waals surface area (Å²) in [5.41, 5.74) is 3.01. The number of hydrogen-bond donors (Lipinski definition) is 1. The van der Waals surface area contributed by atoms with E-state index in [-0.39, 0.29) is 18.0 Å². The van der Waals surface area contributed by atoms with Crippen LogP contribution in [0.4, 0.5) is 5.69 Å². The molecular weight excluding hydrogens is 342 g/mol. The first-order valence-corrected chi connectivity index (χ1v) is 8.19. The molecule has 2 heterocycles. The van der Waals surface area contributed by atoms with Gasteiger partial charge in [-0.3, -0.25) is 14.9 Å². The minimum Gasteiger partial charge on any atom is -0.455 e. The largest absolute Gasteiger partial charge is 0.455 e. The van der Waals surface area contributed by atoms with Gasteiger partial charge in [0.25, 0.3) is 5.69 Å². The Hall–Kier alpha value is -3.26. The van der Waals surface area contributed by atoms with Gasteiger partial charge in [-0.25, -0.2) is 5.43 Å². The second kappa shape index (κ2) is 7.54. The van der Waals surface area contributed by atoms with Gasteiger partial charge in [0.2, 0.25) is 5.91 Å². The van der Waals surface area contributed by atoms with E-state index in [1.54, 1.807) is 24.3 Å². The van der Waals surface area contributed by atoms with E-state index in [2.05, 4.69) is 10.5 Å². The van der Waals surface area contributed by atoms with Crippen molar-refractivity contribution in [2.45, 2.75) is 6.42 Å². The molecule has 0 saturated heterocycles. The van der Waals surface area contributed by atoms with Crippen LogP contribution in [0.25, 0.3) is 11.3 Å². The van der Waals surface area contributed by atoms with Crippen LogP contribution in [-0.2, 0) is 11.2 Å². The molecule has 3 rings (SSSR count). The Morgan fingerprint density at radius 1 is 1.28 bits per heavy atom. The zero-order chi connectivity index (χ0) is 17.6. The van der Waals surface area contributed by atoms with Gasteiger partial charge >= 0.3 is 0 Å². The fourth-order valence-corrected chi connectivity index (χ4v) is 2.83. The Bertz CT molecular complexity index is 916. The molecular formula is C17H13N3O4S. The van der Waals surface area contributed by atoms with Crippen LogP contribution >= 0.6 is 11.3 Å². The maximum atomic E-state index is 11.7. The number of rotatable bonds is 6. The van der Waals surface area contributed by atoms with E-state index in [1.807, 2.05) is 17.5 Å². The van der Waals surface area contributed by atoms with Crippen LogP contribution < -0.4 is 5.43 Å². The lowest BCUT2D eigenvalue weighted by Crippen LogP contribution is -2.19. The Kier molecular flexibility index (Phi) is 5.00. The average molecular weight is 355 g/mol. The molecule has 7 nitrogen and oxygen atoms in total. The Morgan fingerprint density at radius 2 is 2.16 bits per heavy atom. The number of thiophene rings is 1. The van der Waals surface area contributed by atoms with Gasteiger partial charge in [0.1, 0.15) is 11.5 Å². The Balaban J connectivity index is 1.62. The normalized spacial score (nSPS) is 10.9. The van der Waals surface area contributed by atoms with Crippen molar-refractivity contribution >= 4 is 29.1 Å². The number of amides is 1. The number of carbonyl (C=O) groups is 1. The Labute approximate surface area is 146 Å². The van der Waals surface area contributed by atoms with Gasteiger partial charge < -0.3 is 4.42 Å². The quantitative estimate of drug-likeness (QED) is 0.415. The van der Waals surface area contributed by atoms with E-state index >= 15 is 0 Å². The van der Waals surface area contributed by atoms with Crippen molar-refractivity contribution in [2.24, 2.45) is 5.10 Å². The second-order valence-corrected chi connectivity index (χ2v) is 6.09. The van der Waals surface area contributed by atoms with E-state index in [0.29, 0.717) is 17.1 Å². The smallest absolute Gasteiger partial charge is 0.270 e. The second-order valence-electron chi connectivity index (χ2n) is 5.06. The summed E-state index contributed by atoms with van der Waals surface area (Å²) in [6.07, 6.45) is 1.65. The number of nitro groups is 1. The first-order chi connectivity index (χ1) is 12.1. The summed E-state index contributed by atoms with van der Waals surface area (Å²) in [5.74, 6) is 0.692. The van der Waals surface area contributed by atoms with Crippen molar-refractivity contribution in [1.29, 1.82) is 0 Å². The van der Waals surface area contributed by atoms with Gasteiger partial charge in [-0.2, -0.15) is 5.10 Å².